The maximum atomic E-state index is 11.6. The van der Waals surface area contributed by atoms with E-state index in [1.807, 2.05) is 12.1 Å². The molecule has 0 radical (unpaired) electrons. The zero-order chi connectivity index (χ0) is 12.8. The van der Waals surface area contributed by atoms with Gasteiger partial charge in [-0.2, -0.15) is 0 Å². The Morgan fingerprint density at radius 1 is 1.41 bits per heavy atom. The minimum atomic E-state index is -0.686. The Morgan fingerprint density at radius 3 is 2.59 bits per heavy atom. The van der Waals surface area contributed by atoms with Gasteiger partial charge in [-0.05, 0) is 18.1 Å². The Kier molecular flexibility index (Phi) is 4.46. The smallest absolute Gasteiger partial charge is 0.420 e. The van der Waals surface area contributed by atoms with Crippen LogP contribution in [-0.4, -0.2) is 19.1 Å². The van der Waals surface area contributed by atoms with Crippen molar-refractivity contribution in [2.75, 3.05) is 12.0 Å². The van der Waals surface area contributed by atoms with Crippen LogP contribution in [-0.2, 0) is 16.0 Å². The molecule has 4 nitrogen and oxygen atoms in total. The van der Waals surface area contributed by atoms with Crippen LogP contribution in [0.1, 0.15) is 12.5 Å². The van der Waals surface area contributed by atoms with Gasteiger partial charge in [0.05, 0.1) is 12.8 Å². The van der Waals surface area contributed by atoms with Crippen LogP contribution in [0.4, 0.5) is 10.5 Å². The monoisotopic (exact) mass is 233 g/mol. The molecule has 0 heterocycles. The molecule has 0 fully saturated rings. The largest absolute Gasteiger partial charge is 0.452 e. The quantitative estimate of drug-likeness (QED) is 0.754. The van der Waals surface area contributed by atoms with Gasteiger partial charge in [0.2, 0.25) is 5.91 Å². The fourth-order valence-corrected chi connectivity index (χ4v) is 1.54. The van der Waals surface area contributed by atoms with Crippen molar-refractivity contribution >= 4 is 17.7 Å². The highest BCUT2D eigenvalue weighted by atomic mass is 16.5. The van der Waals surface area contributed by atoms with Crippen molar-refractivity contribution in [2.45, 2.75) is 13.3 Å². The van der Waals surface area contributed by atoms with Gasteiger partial charge in [0, 0.05) is 6.92 Å². The SMILES string of the molecule is C=CCc1ccccc1N(C(C)=O)C(=O)OC. The fraction of sp³-hybridized carbons (Fsp3) is 0.231. The number of benzene rings is 1. The maximum absolute atomic E-state index is 11.6. The summed E-state index contributed by atoms with van der Waals surface area (Å²) >= 11 is 0. The number of allylic oxidation sites excluding steroid dienone is 1. The summed E-state index contributed by atoms with van der Waals surface area (Å²) in [5, 5.41) is 0. The molecule has 0 bridgehead atoms. The lowest BCUT2D eigenvalue weighted by Crippen LogP contribution is -2.35. The molecule has 1 rings (SSSR count). The van der Waals surface area contributed by atoms with Crippen LogP contribution >= 0.6 is 0 Å². The summed E-state index contributed by atoms with van der Waals surface area (Å²) in [5.74, 6) is -0.381. The third-order valence-electron chi connectivity index (χ3n) is 2.27. The lowest BCUT2D eigenvalue weighted by molar-refractivity contribution is -0.116. The number of ether oxygens (including phenoxy) is 1. The number of methoxy groups -OCH3 is 1. The highest BCUT2D eigenvalue weighted by molar-refractivity contribution is 6.11. The zero-order valence-corrected chi connectivity index (χ0v) is 9.97. The minimum absolute atomic E-state index is 0.381. The number of carbonyl (C=O) groups excluding carboxylic acids is 2. The van der Waals surface area contributed by atoms with Crippen molar-refractivity contribution in [1.82, 2.24) is 0 Å². The Balaban J connectivity index is 3.22. The van der Waals surface area contributed by atoms with Crippen LogP contribution in [0.15, 0.2) is 36.9 Å². The minimum Gasteiger partial charge on any atom is -0.452 e. The van der Waals surface area contributed by atoms with E-state index in [4.69, 9.17) is 0 Å². The van der Waals surface area contributed by atoms with Gasteiger partial charge in [-0.15, -0.1) is 6.58 Å². The first-order valence-electron chi connectivity index (χ1n) is 5.19. The van der Waals surface area contributed by atoms with Crippen LogP contribution < -0.4 is 4.90 Å². The number of para-hydroxylation sites is 1. The summed E-state index contributed by atoms with van der Waals surface area (Å²) < 4.78 is 4.60. The number of imide groups is 1. The lowest BCUT2D eigenvalue weighted by atomic mass is 10.1. The lowest BCUT2D eigenvalue weighted by Gasteiger charge is -2.20. The molecule has 0 aliphatic heterocycles. The van der Waals surface area contributed by atoms with Crippen molar-refractivity contribution in [3.8, 4) is 0 Å². The standard InChI is InChI=1S/C13H15NO3/c1-4-7-11-8-5-6-9-12(11)14(10(2)15)13(16)17-3/h4-6,8-9H,1,7H2,2-3H3. The van der Waals surface area contributed by atoms with Crippen LogP contribution in [0.2, 0.25) is 0 Å². The van der Waals surface area contributed by atoms with E-state index in [0.717, 1.165) is 10.5 Å². The summed E-state index contributed by atoms with van der Waals surface area (Å²) in [7, 11) is 1.24. The molecule has 2 amide bonds. The van der Waals surface area contributed by atoms with E-state index in [2.05, 4.69) is 11.3 Å². The van der Waals surface area contributed by atoms with Gasteiger partial charge in [0.25, 0.3) is 0 Å². The molecule has 17 heavy (non-hydrogen) atoms. The number of nitrogens with zero attached hydrogens (tertiary/aromatic N) is 1. The summed E-state index contributed by atoms with van der Waals surface area (Å²) in [6.45, 7) is 4.97. The third-order valence-corrected chi connectivity index (χ3v) is 2.27. The Morgan fingerprint density at radius 2 is 2.06 bits per heavy atom. The van der Waals surface area contributed by atoms with Crippen LogP contribution in [0.3, 0.4) is 0 Å². The average Bonchev–Trinajstić information content (AvgIpc) is 2.31. The maximum Gasteiger partial charge on any atom is 0.420 e. The molecule has 0 unspecified atom stereocenters. The Labute approximate surface area is 100 Å². The molecule has 0 atom stereocenters. The first kappa shape index (κ1) is 13.0. The van der Waals surface area contributed by atoms with Gasteiger partial charge in [-0.3, -0.25) is 4.79 Å². The molecule has 1 aromatic carbocycles. The molecule has 0 aliphatic rings. The van der Waals surface area contributed by atoms with E-state index in [9.17, 15) is 9.59 Å². The van der Waals surface area contributed by atoms with Gasteiger partial charge in [-0.25, -0.2) is 9.69 Å². The fourth-order valence-electron chi connectivity index (χ4n) is 1.54. The predicted molar refractivity (Wildman–Crippen MR) is 65.9 cm³/mol. The van der Waals surface area contributed by atoms with Gasteiger partial charge in [0.15, 0.2) is 0 Å². The van der Waals surface area contributed by atoms with Crippen molar-refractivity contribution in [2.24, 2.45) is 0 Å². The highest BCUT2D eigenvalue weighted by Gasteiger charge is 2.22. The van der Waals surface area contributed by atoms with Gasteiger partial charge in [-0.1, -0.05) is 24.3 Å². The number of hydrogen-bond acceptors (Lipinski definition) is 3. The van der Waals surface area contributed by atoms with Crippen LogP contribution in [0.5, 0.6) is 0 Å². The van der Waals surface area contributed by atoms with Gasteiger partial charge in [0.1, 0.15) is 0 Å². The highest BCUT2D eigenvalue weighted by Crippen LogP contribution is 2.22. The first-order chi connectivity index (χ1) is 8.11. The second kappa shape index (κ2) is 5.84. The van der Waals surface area contributed by atoms with Crippen LogP contribution in [0, 0.1) is 0 Å². The summed E-state index contributed by atoms with van der Waals surface area (Å²) in [4.78, 5) is 24.1. The van der Waals surface area contributed by atoms with Gasteiger partial charge >= 0.3 is 6.09 Å². The van der Waals surface area contributed by atoms with Gasteiger partial charge < -0.3 is 4.74 Å². The van der Waals surface area contributed by atoms with E-state index in [0.29, 0.717) is 12.1 Å². The Hall–Kier alpha value is -2.10. The molecule has 1 aromatic rings. The molecule has 0 aromatic heterocycles. The Bertz CT molecular complexity index is 440. The molecule has 4 heteroatoms. The van der Waals surface area contributed by atoms with E-state index < -0.39 is 6.09 Å². The predicted octanol–water partition coefficient (Wildman–Crippen LogP) is 2.53. The molecule has 0 saturated heterocycles. The topological polar surface area (TPSA) is 46.6 Å². The number of rotatable bonds is 3. The molecule has 0 spiro atoms. The summed E-state index contributed by atoms with van der Waals surface area (Å²) in [5.41, 5.74) is 1.38. The third kappa shape index (κ3) is 2.93. The molecule has 0 aliphatic carbocycles. The van der Waals surface area contributed by atoms with E-state index in [-0.39, 0.29) is 5.91 Å². The van der Waals surface area contributed by atoms with Crippen molar-refractivity contribution in [3.05, 3.63) is 42.5 Å². The zero-order valence-electron chi connectivity index (χ0n) is 9.97. The van der Waals surface area contributed by atoms with Crippen molar-refractivity contribution < 1.29 is 14.3 Å². The number of carbonyl (C=O) groups is 2. The van der Waals surface area contributed by atoms with Crippen molar-refractivity contribution in [3.63, 3.8) is 0 Å². The molecule has 0 N–H and O–H groups in total. The van der Waals surface area contributed by atoms with Crippen LogP contribution in [0.25, 0.3) is 0 Å². The normalized spacial score (nSPS) is 9.53. The summed E-state index contributed by atoms with van der Waals surface area (Å²) in [6.07, 6.45) is 1.61. The van der Waals surface area contributed by atoms with Crippen molar-refractivity contribution in [1.29, 1.82) is 0 Å². The second-order valence-electron chi connectivity index (χ2n) is 3.45. The van der Waals surface area contributed by atoms with E-state index >= 15 is 0 Å². The number of amides is 2. The number of hydrogen-bond donors (Lipinski definition) is 0. The molecule has 90 valence electrons. The summed E-state index contributed by atoms with van der Waals surface area (Å²) in [6, 6.07) is 7.16. The molecular formula is C13H15NO3. The molecular weight excluding hydrogens is 218 g/mol. The average molecular weight is 233 g/mol. The second-order valence-corrected chi connectivity index (χ2v) is 3.45. The number of anilines is 1. The molecule has 0 saturated carbocycles. The first-order valence-corrected chi connectivity index (χ1v) is 5.19. The van der Waals surface area contributed by atoms with E-state index in [1.54, 1.807) is 18.2 Å². The van der Waals surface area contributed by atoms with E-state index in [1.165, 1.54) is 14.0 Å².